The third-order valence-corrected chi connectivity index (χ3v) is 3.09. The lowest BCUT2D eigenvalue weighted by Gasteiger charge is -2.31. The van der Waals surface area contributed by atoms with Crippen molar-refractivity contribution < 1.29 is 18.6 Å². The molecule has 2 N–H and O–H groups in total. The molecule has 1 unspecified atom stereocenters. The van der Waals surface area contributed by atoms with Gasteiger partial charge in [-0.1, -0.05) is 19.1 Å². The largest absolute Gasteiger partial charge is 0.435 e. The van der Waals surface area contributed by atoms with Crippen LogP contribution in [0.3, 0.4) is 0 Å². The molecule has 1 aromatic carbocycles. The van der Waals surface area contributed by atoms with E-state index in [1.165, 1.54) is 12.1 Å². The predicted octanol–water partition coefficient (Wildman–Crippen LogP) is 2.89. The fraction of sp³-hybridized carbons (Fsp3) is 0.571. The second-order valence-corrected chi connectivity index (χ2v) is 4.64. The van der Waals surface area contributed by atoms with Gasteiger partial charge in [-0.05, 0) is 44.0 Å². The van der Waals surface area contributed by atoms with E-state index in [4.69, 9.17) is 0 Å². The monoisotopic (exact) mass is 273 g/mol. The summed E-state index contributed by atoms with van der Waals surface area (Å²) in [5, 5.41) is 12.5. The summed E-state index contributed by atoms with van der Waals surface area (Å²) in [4.78, 5) is 0. The number of nitrogens with one attached hydrogen (secondary N) is 1. The first-order valence-electron chi connectivity index (χ1n) is 6.43. The third kappa shape index (κ3) is 4.76. The summed E-state index contributed by atoms with van der Waals surface area (Å²) < 4.78 is 28.5. The molecule has 1 atom stereocenters. The van der Waals surface area contributed by atoms with E-state index in [0.29, 0.717) is 6.42 Å². The minimum Gasteiger partial charge on any atom is -0.435 e. The van der Waals surface area contributed by atoms with Crippen molar-refractivity contribution in [2.24, 2.45) is 0 Å². The topological polar surface area (TPSA) is 41.5 Å². The van der Waals surface area contributed by atoms with Gasteiger partial charge in [-0.2, -0.15) is 8.78 Å². The molecule has 0 spiro atoms. The number of halogens is 2. The average molecular weight is 273 g/mol. The Morgan fingerprint density at radius 1 is 1.32 bits per heavy atom. The zero-order valence-electron chi connectivity index (χ0n) is 11.3. The molecule has 0 aliphatic carbocycles. The van der Waals surface area contributed by atoms with Crippen molar-refractivity contribution in [2.45, 2.75) is 38.8 Å². The lowest BCUT2D eigenvalue weighted by molar-refractivity contribution is -0.0498. The first kappa shape index (κ1) is 15.9. The molecule has 5 heteroatoms. The second-order valence-electron chi connectivity index (χ2n) is 4.64. The van der Waals surface area contributed by atoms with Crippen LogP contribution in [0.1, 0.15) is 32.3 Å². The molecular weight excluding hydrogens is 252 g/mol. The first-order valence-corrected chi connectivity index (χ1v) is 6.43. The summed E-state index contributed by atoms with van der Waals surface area (Å²) in [5.41, 5.74) is 0.574. The van der Waals surface area contributed by atoms with Crippen LogP contribution in [0.5, 0.6) is 5.75 Å². The molecular formula is C14H21F2NO2. The molecule has 3 nitrogen and oxygen atoms in total. The third-order valence-electron chi connectivity index (χ3n) is 3.09. The predicted molar refractivity (Wildman–Crippen MR) is 70.4 cm³/mol. The van der Waals surface area contributed by atoms with Gasteiger partial charge in [-0.3, -0.25) is 0 Å². The summed E-state index contributed by atoms with van der Waals surface area (Å²) in [6, 6.07) is 6.53. The Morgan fingerprint density at radius 3 is 2.42 bits per heavy atom. The summed E-state index contributed by atoms with van der Waals surface area (Å²) >= 11 is 0. The maximum absolute atomic E-state index is 12.1. The molecule has 19 heavy (non-hydrogen) atoms. The molecule has 0 aliphatic rings. The lowest BCUT2D eigenvalue weighted by Crippen LogP contribution is -2.40. The second kappa shape index (κ2) is 7.40. The van der Waals surface area contributed by atoms with Gasteiger partial charge in [0.2, 0.25) is 0 Å². The van der Waals surface area contributed by atoms with E-state index < -0.39 is 6.61 Å². The molecule has 0 aromatic heterocycles. The number of benzene rings is 1. The number of alkyl halides is 2. The van der Waals surface area contributed by atoms with Crippen LogP contribution in [0.25, 0.3) is 0 Å². The van der Waals surface area contributed by atoms with Crippen molar-refractivity contribution in [1.29, 1.82) is 0 Å². The normalized spacial score (nSPS) is 14.4. The highest BCUT2D eigenvalue weighted by Gasteiger charge is 2.25. The minimum atomic E-state index is -2.81. The number of ether oxygens (including phenoxy) is 1. The van der Waals surface area contributed by atoms with E-state index in [9.17, 15) is 13.9 Å². The Labute approximate surface area is 112 Å². The smallest absolute Gasteiger partial charge is 0.387 e. The number of aliphatic hydroxyl groups excluding tert-OH is 1. The van der Waals surface area contributed by atoms with E-state index in [-0.39, 0.29) is 17.9 Å². The van der Waals surface area contributed by atoms with Crippen molar-refractivity contribution in [3.8, 4) is 5.75 Å². The van der Waals surface area contributed by atoms with Crippen LogP contribution in [-0.4, -0.2) is 24.9 Å². The van der Waals surface area contributed by atoms with Gasteiger partial charge in [0, 0.05) is 12.1 Å². The Kier molecular flexibility index (Phi) is 6.18. The maximum Gasteiger partial charge on any atom is 0.387 e. The van der Waals surface area contributed by atoms with Crippen molar-refractivity contribution in [3.63, 3.8) is 0 Å². The molecule has 0 saturated carbocycles. The Bertz CT molecular complexity index is 370. The minimum absolute atomic E-state index is 0.0580. The molecule has 0 aliphatic heterocycles. The average Bonchev–Trinajstić information content (AvgIpc) is 2.37. The molecule has 108 valence electrons. The molecule has 0 bridgehead atoms. The Hall–Kier alpha value is -1.20. The molecule has 0 radical (unpaired) electrons. The van der Waals surface area contributed by atoms with Crippen LogP contribution in [0.15, 0.2) is 24.3 Å². The Balaban J connectivity index is 2.84. The molecule has 0 amide bonds. The van der Waals surface area contributed by atoms with Crippen LogP contribution in [0, 0.1) is 0 Å². The van der Waals surface area contributed by atoms with Crippen LogP contribution in [-0.2, 0) is 5.54 Å². The van der Waals surface area contributed by atoms with Gasteiger partial charge in [-0.15, -0.1) is 0 Å². The molecule has 0 saturated heterocycles. The van der Waals surface area contributed by atoms with Crippen LogP contribution in [0.2, 0.25) is 0 Å². The van der Waals surface area contributed by atoms with Gasteiger partial charge in [0.1, 0.15) is 5.75 Å². The van der Waals surface area contributed by atoms with E-state index in [0.717, 1.165) is 18.5 Å². The quantitative estimate of drug-likeness (QED) is 0.765. The fourth-order valence-corrected chi connectivity index (χ4v) is 1.96. The highest BCUT2D eigenvalue weighted by atomic mass is 19.3. The van der Waals surface area contributed by atoms with E-state index >= 15 is 0 Å². The zero-order chi connectivity index (χ0) is 14.3. The molecule has 0 heterocycles. The fourth-order valence-electron chi connectivity index (χ4n) is 1.96. The molecule has 1 aromatic rings. The Morgan fingerprint density at radius 2 is 1.95 bits per heavy atom. The number of hydrogen-bond donors (Lipinski definition) is 2. The van der Waals surface area contributed by atoms with Gasteiger partial charge in [-0.25, -0.2) is 0 Å². The van der Waals surface area contributed by atoms with Crippen molar-refractivity contribution in [2.75, 3.05) is 13.2 Å². The summed E-state index contributed by atoms with van der Waals surface area (Å²) in [6.45, 7) is 2.12. The van der Waals surface area contributed by atoms with Gasteiger partial charge in [0.15, 0.2) is 0 Å². The molecule has 1 rings (SSSR count). The number of aliphatic hydroxyl groups is 1. The van der Waals surface area contributed by atoms with Gasteiger partial charge < -0.3 is 15.2 Å². The first-order chi connectivity index (χ1) is 9.01. The van der Waals surface area contributed by atoms with Crippen LogP contribution >= 0.6 is 0 Å². The van der Waals surface area contributed by atoms with Crippen molar-refractivity contribution in [3.05, 3.63) is 29.8 Å². The maximum atomic E-state index is 12.1. The van der Waals surface area contributed by atoms with Crippen LogP contribution in [0.4, 0.5) is 8.78 Å². The summed E-state index contributed by atoms with van der Waals surface area (Å²) in [6.07, 6.45) is 1.54. The number of rotatable bonds is 8. The highest BCUT2D eigenvalue weighted by molar-refractivity contribution is 5.31. The van der Waals surface area contributed by atoms with Gasteiger partial charge in [0.05, 0.1) is 0 Å². The summed E-state index contributed by atoms with van der Waals surface area (Å²) in [7, 11) is 0. The standard InChI is InChI=1S/C14H21F2NO2/c1-3-9-17-14(2,8-10-18)11-4-6-12(7-5-11)19-13(15)16/h4-7,13,17-18H,3,8-10H2,1-2H3. The summed E-state index contributed by atoms with van der Waals surface area (Å²) in [5.74, 6) is 0.139. The lowest BCUT2D eigenvalue weighted by atomic mass is 9.88. The zero-order valence-corrected chi connectivity index (χ0v) is 11.3. The van der Waals surface area contributed by atoms with E-state index in [1.54, 1.807) is 12.1 Å². The SMILES string of the molecule is CCCNC(C)(CCO)c1ccc(OC(F)F)cc1. The van der Waals surface area contributed by atoms with Crippen molar-refractivity contribution in [1.82, 2.24) is 5.32 Å². The van der Waals surface area contributed by atoms with E-state index in [2.05, 4.69) is 17.0 Å². The highest BCUT2D eigenvalue weighted by Crippen LogP contribution is 2.26. The van der Waals surface area contributed by atoms with E-state index in [1.807, 2.05) is 6.92 Å². The number of hydrogen-bond acceptors (Lipinski definition) is 3. The molecule has 0 fully saturated rings. The van der Waals surface area contributed by atoms with Crippen LogP contribution < -0.4 is 10.1 Å². The van der Waals surface area contributed by atoms with Crippen molar-refractivity contribution >= 4 is 0 Å². The van der Waals surface area contributed by atoms with Gasteiger partial charge >= 0.3 is 6.61 Å². The van der Waals surface area contributed by atoms with Gasteiger partial charge in [0.25, 0.3) is 0 Å².